The van der Waals surface area contributed by atoms with Crippen molar-refractivity contribution in [2.24, 2.45) is 0 Å². The van der Waals surface area contributed by atoms with Gasteiger partial charge in [0.2, 0.25) is 0 Å². The standard InChI is InChI=1S/C21H22O6/c1-11(2)4-5-12-6-13(7-17(25)21(12)26-3)18-10-16(24)20-15(23)8-14(22)9-19(20)27-18/h4,6-9,18,22-23,25H,5,10H2,1-3H3/t18-/m0/s1. The van der Waals surface area contributed by atoms with Crippen LogP contribution in [-0.4, -0.2) is 28.2 Å². The number of Topliss-reactive ketones (excluding diaryl/α,β-unsaturated/α-hetero) is 1. The van der Waals surface area contributed by atoms with Gasteiger partial charge in [0, 0.05) is 17.7 Å². The molecule has 0 radical (unpaired) electrons. The summed E-state index contributed by atoms with van der Waals surface area (Å²) in [5.74, 6) is -0.326. The summed E-state index contributed by atoms with van der Waals surface area (Å²) >= 11 is 0. The number of benzene rings is 2. The zero-order chi connectivity index (χ0) is 19.7. The molecule has 0 aromatic heterocycles. The molecule has 0 saturated carbocycles. The highest BCUT2D eigenvalue weighted by molar-refractivity contribution is 6.02. The summed E-state index contributed by atoms with van der Waals surface area (Å²) in [6, 6.07) is 5.75. The Kier molecular flexibility index (Phi) is 4.99. The van der Waals surface area contributed by atoms with E-state index in [0.29, 0.717) is 17.7 Å². The largest absolute Gasteiger partial charge is 0.508 e. The molecule has 2 aromatic rings. The van der Waals surface area contributed by atoms with Gasteiger partial charge >= 0.3 is 0 Å². The molecule has 6 nitrogen and oxygen atoms in total. The molecule has 1 heterocycles. The van der Waals surface area contributed by atoms with E-state index < -0.39 is 6.10 Å². The Balaban J connectivity index is 2.01. The first-order valence-electron chi connectivity index (χ1n) is 8.59. The van der Waals surface area contributed by atoms with Gasteiger partial charge in [-0.3, -0.25) is 4.79 Å². The third kappa shape index (κ3) is 3.69. The summed E-state index contributed by atoms with van der Waals surface area (Å²) in [5, 5.41) is 29.9. The molecule has 0 amide bonds. The molecule has 3 rings (SSSR count). The van der Waals surface area contributed by atoms with E-state index in [1.54, 1.807) is 0 Å². The minimum absolute atomic E-state index is 0.0131. The van der Waals surface area contributed by atoms with Crippen LogP contribution in [0.25, 0.3) is 0 Å². The second-order valence-electron chi connectivity index (χ2n) is 6.79. The molecular formula is C21H22O6. The molecule has 0 unspecified atom stereocenters. The van der Waals surface area contributed by atoms with Gasteiger partial charge in [0.05, 0.1) is 13.5 Å². The number of hydrogen-bond acceptors (Lipinski definition) is 6. The Labute approximate surface area is 157 Å². The molecule has 0 bridgehead atoms. The molecule has 0 spiro atoms. The Morgan fingerprint density at radius 2 is 1.93 bits per heavy atom. The van der Waals surface area contributed by atoms with Crippen LogP contribution in [0.3, 0.4) is 0 Å². The van der Waals surface area contributed by atoms with Gasteiger partial charge in [-0.25, -0.2) is 0 Å². The summed E-state index contributed by atoms with van der Waals surface area (Å²) in [5.41, 5.74) is 2.58. The van der Waals surface area contributed by atoms with Crippen molar-refractivity contribution >= 4 is 5.78 Å². The van der Waals surface area contributed by atoms with E-state index in [0.717, 1.165) is 17.2 Å². The van der Waals surface area contributed by atoms with Gasteiger partial charge in [-0.1, -0.05) is 11.6 Å². The number of phenolic OH excluding ortho intramolecular Hbond substituents is 3. The number of carbonyl (C=O) groups excluding carboxylic acids is 1. The average Bonchev–Trinajstić information content (AvgIpc) is 2.58. The van der Waals surface area contributed by atoms with Gasteiger partial charge in [0.1, 0.15) is 28.9 Å². The fourth-order valence-electron chi connectivity index (χ4n) is 3.19. The molecule has 1 aliphatic rings. The number of rotatable bonds is 4. The highest BCUT2D eigenvalue weighted by atomic mass is 16.5. The lowest BCUT2D eigenvalue weighted by atomic mass is 9.93. The molecule has 1 aliphatic heterocycles. The normalized spacial score (nSPS) is 15.7. The number of fused-ring (bicyclic) bond motifs is 1. The molecule has 6 heteroatoms. The Hall–Kier alpha value is -3.15. The Bertz CT molecular complexity index is 925. The number of ketones is 1. The topological polar surface area (TPSA) is 96.2 Å². The van der Waals surface area contributed by atoms with Gasteiger partial charge in [-0.05, 0) is 38.0 Å². The van der Waals surface area contributed by atoms with Crippen LogP contribution in [0.5, 0.6) is 28.7 Å². The van der Waals surface area contributed by atoms with Crippen LogP contribution in [0.2, 0.25) is 0 Å². The van der Waals surface area contributed by atoms with Crippen molar-refractivity contribution in [2.45, 2.75) is 32.8 Å². The molecule has 3 N–H and O–H groups in total. The quantitative estimate of drug-likeness (QED) is 0.703. The van der Waals surface area contributed by atoms with E-state index in [4.69, 9.17) is 9.47 Å². The van der Waals surface area contributed by atoms with Crippen LogP contribution in [0.1, 0.15) is 47.9 Å². The zero-order valence-corrected chi connectivity index (χ0v) is 15.4. The van der Waals surface area contributed by atoms with Crippen molar-refractivity contribution in [3.63, 3.8) is 0 Å². The average molecular weight is 370 g/mol. The van der Waals surface area contributed by atoms with Crippen molar-refractivity contribution in [1.82, 2.24) is 0 Å². The molecule has 0 saturated heterocycles. The van der Waals surface area contributed by atoms with E-state index in [9.17, 15) is 20.1 Å². The van der Waals surface area contributed by atoms with E-state index >= 15 is 0 Å². The number of ether oxygens (including phenoxy) is 2. The van der Waals surface area contributed by atoms with Gasteiger partial charge < -0.3 is 24.8 Å². The van der Waals surface area contributed by atoms with E-state index in [-0.39, 0.29) is 40.8 Å². The maximum atomic E-state index is 12.5. The first kappa shape index (κ1) is 18.6. The lowest BCUT2D eigenvalue weighted by Gasteiger charge is -2.27. The highest BCUT2D eigenvalue weighted by Gasteiger charge is 2.31. The minimum atomic E-state index is -0.645. The van der Waals surface area contributed by atoms with E-state index in [1.165, 1.54) is 19.2 Å². The van der Waals surface area contributed by atoms with Crippen LogP contribution in [0.15, 0.2) is 35.9 Å². The number of carbonyl (C=O) groups is 1. The predicted molar refractivity (Wildman–Crippen MR) is 99.9 cm³/mol. The molecule has 2 aromatic carbocycles. The lowest BCUT2D eigenvalue weighted by molar-refractivity contribution is 0.0844. The first-order valence-corrected chi connectivity index (χ1v) is 8.59. The lowest BCUT2D eigenvalue weighted by Crippen LogP contribution is -2.20. The molecule has 1 atom stereocenters. The van der Waals surface area contributed by atoms with Crippen molar-refractivity contribution in [3.05, 3.63) is 52.6 Å². The predicted octanol–water partition coefficient (Wildman–Crippen LogP) is 4.03. The van der Waals surface area contributed by atoms with E-state index in [2.05, 4.69) is 0 Å². The Morgan fingerprint density at radius 1 is 1.19 bits per heavy atom. The van der Waals surface area contributed by atoms with Crippen LogP contribution < -0.4 is 9.47 Å². The van der Waals surface area contributed by atoms with Crippen LogP contribution in [-0.2, 0) is 6.42 Å². The van der Waals surface area contributed by atoms with Gasteiger partial charge in [0.15, 0.2) is 17.3 Å². The number of phenols is 3. The minimum Gasteiger partial charge on any atom is -0.508 e. The number of hydrogen-bond donors (Lipinski definition) is 3. The van der Waals surface area contributed by atoms with Crippen molar-refractivity contribution in [1.29, 1.82) is 0 Å². The third-order valence-corrected chi connectivity index (χ3v) is 4.46. The SMILES string of the molecule is COc1c(O)cc([C@@H]2CC(=O)c3c(O)cc(O)cc3O2)cc1CC=C(C)C. The second kappa shape index (κ2) is 7.23. The summed E-state index contributed by atoms with van der Waals surface area (Å²) < 4.78 is 11.2. The summed E-state index contributed by atoms with van der Waals surface area (Å²) in [6.45, 7) is 3.96. The molecule has 142 valence electrons. The monoisotopic (exact) mass is 370 g/mol. The van der Waals surface area contributed by atoms with Crippen LogP contribution in [0.4, 0.5) is 0 Å². The second-order valence-corrected chi connectivity index (χ2v) is 6.79. The molecule has 0 aliphatic carbocycles. The molecule has 0 fully saturated rings. The maximum absolute atomic E-state index is 12.5. The van der Waals surface area contributed by atoms with Crippen molar-refractivity contribution < 1.29 is 29.6 Å². The van der Waals surface area contributed by atoms with Crippen LogP contribution >= 0.6 is 0 Å². The number of allylic oxidation sites excluding steroid dienone is 2. The molecular weight excluding hydrogens is 348 g/mol. The summed E-state index contributed by atoms with van der Waals surface area (Å²) in [7, 11) is 1.49. The number of methoxy groups -OCH3 is 1. The maximum Gasteiger partial charge on any atom is 0.174 e. The fraction of sp³-hybridized carbons (Fsp3) is 0.286. The van der Waals surface area contributed by atoms with Gasteiger partial charge in [-0.15, -0.1) is 0 Å². The summed E-state index contributed by atoms with van der Waals surface area (Å²) in [6.07, 6.45) is 1.94. The first-order chi connectivity index (χ1) is 12.8. The van der Waals surface area contributed by atoms with Crippen molar-refractivity contribution in [3.8, 4) is 28.7 Å². The smallest absolute Gasteiger partial charge is 0.174 e. The fourth-order valence-corrected chi connectivity index (χ4v) is 3.19. The van der Waals surface area contributed by atoms with E-state index in [1.807, 2.05) is 26.0 Å². The van der Waals surface area contributed by atoms with Crippen LogP contribution in [0, 0.1) is 0 Å². The summed E-state index contributed by atoms with van der Waals surface area (Å²) in [4.78, 5) is 12.5. The number of aromatic hydroxyl groups is 3. The van der Waals surface area contributed by atoms with Crippen molar-refractivity contribution in [2.75, 3.05) is 7.11 Å². The Morgan fingerprint density at radius 3 is 2.59 bits per heavy atom. The zero-order valence-electron chi connectivity index (χ0n) is 15.4. The molecule has 27 heavy (non-hydrogen) atoms. The third-order valence-electron chi connectivity index (χ3n) is 4.46. The van der Waals surface area contributed by atoms with Gasteiger partial charge in [-0.2, -0.15) is 0 Å². The highest BCUT2D eigenvalue weighted by Crippen LogP contribution is 2.43. The van der Waals surface area contributed by atoms with Gasteiger partial charge in [0.25, 0.3) is 0 Å².